The lowest BCUT2D eigenvalue weighted by molar-refractivity contribution is -0.115. The minimum Gasteiger partial charge on any atom is -0.508 e. The van der Waals surface area contributed by atoms with E-state index in [4.69, 9.17) is 0 Å². The molecule has 0 aliphatic carbocycles. The van der Waals surface area contributed by atoms with Crippen LogP contribution in [0.3, 0.4) is 0 Å². The van der Waals surface area contributed by atoms with Gasteiger partial charge < -0.3 is 15.2 Å². The van der Waals surface area contributed by atoms with Crippen molar-refractivity contribution in [1.82, 2.24) is 0 Å². The topological polar surface area (TPSA) is 58.6 Å². The highest BCUT2D eigenvalue weighted by Gasteiger charge is 2.08. The van der Waals surface area contributed by atoms with Crippen LogP contribution >= 0.6 is 0 Å². The lowest BCUT2D eigenvalue weighted by Crippen LogP contribution is -2.14. The Kier molecular flexibility index (Phi) is 4.71. The summed E-state index contributed by atoms with van der Waals surface area (Å²) in [5.74, 6) is -0.254. The van der Waals surface area contributed by atoms with Crippen LogP contribution in [0.15, 0.2) is 48.5 Å². The Morgan fingerprint density at radius 2 is 1.81 bits per heavy atom. The van der Waals surface area contributed by atoms with Crippen molar-refractivity contribution >= 4 is 11.6 Å². The van der Waals surface area contributed by atoms with Gasteiger partial charge >= 0.3 is 6.61 Å². The molecular formula is C15H13F2NO3. The average molecular weight is 293 g/mol. The maximum Gasteiger partial charge on any atom is 0.387 e. The van der Waals surface area contributed by atoms with E-state index >= 15 is 0 Å². The maximum atomic E-state index is 12.0. The molecule has 0 aliphatic heterocycles. The summed E-state index contributed by atoms with van der Waals surface area (Å²) in [6.07, 6.45) is 0.0158. The number of alkyl halides is 2. The van der Waals surface area contributed by atoms with Gasteiger partial charge in [-0.05, 0) is 30.3 Å². The number of ether oxygens (including phenoxy) is 1. The van der Waals surface area contributed by atoms with Gasteiger partial charge in [-0.3, -0.25) is 4.79 Å². The molecule has 0 unspecified atom stereocenters. The van der Waals surface area contributed by atoms with Crippen LogP contribution < -0.4 is 10.1 Å². The minimum absolute atomic E-state index is 0.0158. The van der Waals surface area contributed by atoms with Crippen molar-refractivity contribution < 1.29 is 23.4 Å². The quantitative estimate of drug-likeness (QED) is 0.890. The first-order valence-electron chi connectivity index (χ1n) is 6.16. The summed E-state index contributed by atoms with van der Waals surface area (Å²) in [6.45, 7) is -2.88. The Labute approximate surface area is 120 Å². The molecule has 1 amide bonds. The van der Waals surface area contributed by atoms with E-state index in [-0.39, 0.29) is 23.8 Å². The third-order valence-corrected chi connectivity index (χ3v) is 2.71. The van der Waals surface area contributed by atoms with E-state index in [0.717, 1.165) is 0 Å². The van der Waals surface area contributed by atoms with E-state index < -0.39 is 6.61 Å². The Bertz CT molecular complexity index is 615. The van der Waals surface area contributed by atoms with Crippen LogP contribution in [0.4, 0.5) is 14.5 Å². The van der Waals surface area contributed by atoms with E-state index in [1.807, 2.05) is 0 Å². The second kappa shape index (κ2) is 6.69. The SMILES string of the molecule is O=C(Cc1ccccc1O)Nc1ccc(OC(F)F)cc1. The molecule has 0 spiro atoms. The van der Waals surface area contributed by atoms with E-state index in [2.05, 4.69) is 10.1 Å². The lowest BCUT2D eigenvalue weighted by Gasteiger charge is -2.08. The molecule has 2 aromatic carbocycles. The van der Waals surface area contributed by atoms with Gasteiger partial charge in [-0.2, -0.15) is 8.78 Å². The summed E-state index contributed by atoms with van der Waals surface area (Å²) in [6, 6.07) is 12.1. The van der Waals surface area contributed by atoms with Crippen LogP contribution in [-0.2, 0) is 11.2 Å². The van der Waals surface area contributed by atoms with Gasteiger partial charge in [-0.25, -0.2) is 0 Å². The fourth-order valence-corrected chi connectivity index (χ4v) is 1.76. The standard InChI is InChI=1S/C15H13F2NO3/c16-15(17)21-12-7-5-11(6-8-12)18-14(20)9-10-3-1-2-4-13(10)19/h1-8,15,19H,9H2,(H,18,20). The number of nitrogens with one attached hydrogen (secondary N) is 1. The summed E-state index contributed by atoms with van der Waals surface area (Å²) in [4.78, 5) is 11.8. The number of hydrogen-bond donors (Lipinski definition) is 2. The number of aromatic hydroxyl groups is 1. The summed E-state index contributed by atoms with van der Waals surface area (Å²) in [5.41, 5.74) is 0.963. The van der Waals surface area contributed by atoms with Crippen molar-refractivity contribution in [3.05, 3.63) is 54.1 Å². The van der Waals surface area contributed by atoms with E-state index in [9.17, 15) is 18.7 Å². The molecule has 2 aromatic rings. The molecule has 0 bridgehead atoms. The zero-order valence-corrected chi connectivity index (χ0v) is 10.9. The van der Waals surface area contributed by atoms with Gasteiger partial charge in [0.2, 0.25) is 5.91 Å². The van der Waals surface area contributed by atoms with Gasteiger partial charge in [0.1, 0.15) is 11.5 Å². The van der Waals surface area contributed by atoms with Crippen molar-refractivity contribution in [1.29, 1.82) is 0 Å². The molecule has 0 fully saturated rings. The molecular weight excluding hydrogens is 280 g/mol. The number of amides is 1. The Balaban J connectivity index is 1.95. The summed E-state index contributed by atoms with van der Waals surface area (Å²) in [7, 11) is 0. The van der Waals surface area contributed by atoms with Gasteiger partial charge in [0, 0.05) is 11.3 Å². The van der Waals surface area contributed by atoms with Crippen molar-refractivity contribution in [2.75, 3.05) is 5.32 Å². The van der Waals surface area contributed by atoms with Crippen LogP contribution in [0.1, 0.15) is 5.56 Å². The van der Waals surface area contributed by atoms with Crippen LogP contribution in [-0.4, -0.2) is 17.6 Å². The molecule has 0 radical (unpaired) electrons. The zero-order chi connectivity index (χ0) is 15.2. The molecule has 2 rings (SSSR count). The molecule has 21 heavy (non-hydrogen) atoms. The fourth-order valence-electron chi connectivity index (χ4n) is 1.76. The molecule has 4 nitrogen and oxygen atoms in total. The maximum absolute atomic E-state index is 12.0. The van der Waals surface area contributed by atoms with Gasteiger partial charge in [-0.15, -0.1) is 0 Å². The van der Waals surface area contributed by atoms with Crippen molar-refractivity contribution in [2.24, 2.45) is 0 Å². The van der Waals surface area contributed by atoms with Crippen LogP contribution in [0.5, 0.6) is 11.5 Å². The second-order valence-electron chi connectivity index (χ2n) is 4.26. The first-order valence-corrected chi connectivity index (χ1v) is 6.16. The number of phenols is 1. The normalized spacial score (nSPS) is 10.4. The van der Waals surface area contributed by atoms with E-state index in [0.29, 0.717) is 11.3 Å². The van der Waals surface area contributed by atoms with E-state index in [1.165, 1.54) is 30.3 Å². The van der Waals surface area contributed by atoms with Crippen LogP contribution in [0.2, 0.25) is 0 Å². The smallest absolute Gasteiger partial charge is 0.387 e. The summed E-state index contributed by atoms with van der Waals surface area (Å²) >= 11 is 0. The van der Waals surface area contributed by atoms with Crippen LogP contribution in [0, 0.1) is 0 Å². The number of rotatable bonds is 5. The third kappa shape index (κ3) is 4.45. The molecule has 0 aliphatic rings. The molecule has 0 saturated heterocycles. The van der Waals surface area contributed by atoms with Crippen molar-refractivity contribution in [3.8, 4) is 11.5 Å². The van der Waals surface area contributed by atoms with Crippen molar-refractivity contribution in [3.63, 3.8) is 0 Å². The van der Waals surface area contributed by atoms with Gasteiger partial charge in [-0.1, -0.05) is 18.2 Å². The minimum atomic E-state index is -2.88. The second-order valence-corrected chi connectivity index (χ2v) is 4.26. The monoisotopic (exact) mass is 293 g/mol. The number of phenolic OH excluding ortho intramolecular Hbond substituents is 1. The average Bonchev–Trinajstić information content (AvgIpc) is 2.43. The first-order chi connectivity index (χ1) is 10.0. The summed E-state index contributed by atoms with van der Waals surface area (Å²) in [5, 5.41) is 12.2. The number of para-hydroxylation sites is 1. The Morgan fingerprint density at radius 1 is 1.14 bits per heavy atom. The first kappa shape index (κ1) is 14.8. The number of halogens is 2. The highest BCUT2D eigenvalue weighted by Crippen LogP contribution is 2.19. The molecule has 110 valence electrons. The highest BCUT2D eigenvalue weighted by atomic mass is 19.3. The Morgan fingerprint density at radius 3 is 2.43 bits per heavy atom. The number of benzene rings is 2. The van der Waals surface area contributed by atoms with Gasteiger partial charge in [0.05, 0.1) is 6.42 Å². The fraction of sp³-hybridized carbons (Fsp3) is 0.133. The van der Waals surface area contributed by atoms with Crippen LogP contribution in [0.25, 0.3) is 0 Å². The van der Waals surface area contributed by atoms with Gasteiger partial charge in [0.25, 0.3) is 0 Å². The zero-order valence-electron chi connectivity index (χ0n) is 10.9. The molecule has 0 aromatic heterocycles. The number of hydrogen-bond acceptors (Lipinski definition) is 3. The molecule has 2 N–H and O–H groups in total. The molecule has 0 saturated carbocycles. The predicted molar refractivity (Wildman–Crippen MR) is 73.5 cm³/mol. The van der Waals surface area contributed by atoms with Crippen molar-refractivity contribution in [2.45, 2.75) is 13.0 Å². The summed E-state index contributed by atoms with van der Waals surface area (Å²) < 4.78 is 28.2. The third-order valence-electron chi connectivity index (χ3n) is 2.71. The molecule has 0 atom stereocenters. The number of carbonyl (C=O) groups is 1. The van der Waals surface area contributed by atoms with E-state index in [1.54, 1.807) is 18.2 Å². The highest BCUT2D eigenvalue weighted by molar-refractivity contribution is 5.92. The predicted octanol–water partition coefficient (Wildman–Crippen LogP) is 3.17. The molecule has 6 heteroatoms. The number of anilines is 1. The lowest BCUT2D eigenvalue weighted by atomic mass is 10.1. The number of carbonyl (C=O) groups excluding carboxylic acids is 1. The Hall–Kier alpha value is -2.63. The molecule has 0 heterocycles. The van der Waals surface area contributed by atoms with Gasteiger partial charge in [0.15, 0.2) is 0 Å². The largest absolute Gasteiger partial charge is 0.508 e.